The Morgan fingerprint density at radius 3 is 0.838 bits per heavy atom. The maximum Gasteiger partial charge on any atom is -0.0235 e. The highest BCUT2D eigenvalue weighted by atomic mass is 14.6. The van der Waals surface area contributed by atoms with Gasteiger partial charge in [-0.2, -0.15) is 0 Å². The van der Waals surface area contributed by atoms with Crippen LogP contribution in [0.5, 0.6) is 0 Å². The molecule has 222 valence electrons. The lowest BCUT2D eigenvalue weighted by Crippen LogP contribution is -2.43. The van der Waals surface area contributed by atoms with Crippen LogP contribution in [0.3, 0.4) is 0 Å². The summed E-state index contributed by atoms with van der Waals surface area (Å²) in [5.41, 5.74) is 1.21. The fourth-order valence-corrected chi connectivity index (χ4v) is 8.72. The second-order valence-electron chi connectivity index (χ2n) is 13.9. The van der Waals surface area contributed by atoms with Crippen molar-refractivity contribution >= 4 is 0 Å². The normalized spacial score (nSPS) is 25.3. The molecule has 1 aliphatic rings. The van der Waals surface area contributed by atoms with Crippen LogP contribution in [0, 0.1) is 34.5 Å². The van der Waals surface area contributed by atoms with E-state index in [9.17, 15) is 0 Å². The molecule has 0 nitrogen and oxygen atoms in total. The number of hydrogen-bond acceptors (Lipinski definition) is 0. The number of hydrogen-bond donors (Lipinski definition) is 0. The van der Waals surface area contributed by atoms with Crippen molar-refractivity contribution in [3.05, 3.63) is 0 Å². The molecule has 0 aromatic heterocycles. The quantitative estimate of drug-likeness (QED) is 0.119. The van der Waals surface area contributed by atoms with Crippen LogP contribution in [0.1, 0.15) is 203 Å². The Balaban J connectivity index is 3.53. The third-order valence-electron chi connectivity index (χ3n) is 11.3. The average molecular weight is 519 g/mol. The summed E-state index contributed by atoms with van der Waals surface area (Å²) in [5.74, 6) is 3.81. The summed E-state index contributed by atoms with van der Waals surface area (Å²) in [6.45, 7) is 19.7. The average Bonchev–Trinajstić information content (AvgIpc) is 3.25. The minimum absolute atomic E-state index is 0.606. The van der Waals surface area contributed by atoms with Gasteiger partial charge in [-0.3, -0.25) is 0 Å². The molecular weight excluding hydrogens is 444 g/mol. The van der Waals surface area contributed by atoms with Gasteiger partial charge in [0.25, 0.3) is 0 Å². The van der Waals surface area contributed by atoms with Crippen molar-refractivity contribution in [1.29, 1.82) is 0 Å². The minimum Gasteiger partial charge on any atom is -0.0654 e. The summed E-state index contributed by atoms with van der Waals surface area (Å²) in [5, 5.41) is 0. The molecule has 37 heavy (non-hydrogen) atoms. The lowest BCUT2D eigenvalue weighted by Gasteiger charge is -2.53. The lowest BCUT2D eigenvalue weighted by molar-refractivity contribution is -0.0293. The van der Waals surface area contributed by atoms with E-state index in [0.29, 0.717) is 10.8 Å². The van der Waals surface area contributed by atoms with Gasteiger partial charge in [-0.25, -0.2) is 0 Å². The van der Waals surface area contributed by atoms with Gasteiger partial charge in [0.1, 0.15) is 0 Å². The first-order chi connectivity index (χ1) is 17.9. The van der Waals surface area contributed by atoms with Gasteiger partial charge in [-0.05, 0) is 73.0 Å². The molecule has 4 atom stereocenters. The molecule has 4 unspecified atom stereocenters. The van der Waals surface area contributed by atoms with Gasteiger partial charge in [-0.1, -0.05) is 165 Å². The van der Waals surface area contributed by atoms with Crippen molar-refractivity contribution in [2.45, 2.75) is 203 Å². The zero-order valence-electron chi connectivity index (χ0n) is 27.6. The molecule has 0 radical (unpaired) electrons. The van der Waals surface area contributed by atoms with Crippen molar-refractivity contribution in [2.75, 3.05) is 0 Å². The van der Waals surface area contributed by atoms with E-state index in [1.165, 1.54) is 109 Å². The summed E-state index contributed by atoms with van der Waals surface area (Å²) in [6.07, 6.45) is 33.6. The molecular formula is C37H74. The Bertz CT molecular complexity index is 436. The Hall–Kier alpha value is 0. The van der Waals surface area contributed by atoms with E-state index in [0.717, 1.165) is 23.7 Å². The third kappa shape index (κ3) is 11.2. The molecule has 0 heterocycles. The highest BCUT2D eigenvalue weighted by Crippen LogP contribution is 2.66. The topological polar surface area (TPSA) is 0 Å². The zero-order valence-corrected chi connectivity index (χ0v) is 27.6. The molecule has 0 aromatic rings. The fraction of sp³-hybridized carbons (Fsp3) is 1.00. The van der Waals surface area contributed by atoms with E-state index >= 15 is 0 Å². The van der Waals surface area contributed by atoms with E-state index in [2.05, 4.69) is 55.4 Å². The molecule has 1 fully saturated rings. The summed E-state index contributed by atoms with van der Waals surface area (Å²) >= 11 is 0. The third-order valence-corrected chi connectivity index (χ3v) is 11.3. The van der Waals surface area contributed by atoms with Crippen LogP contribution in [0.15, 0.2) is 0 Å². The summed E-state index contributed by atoms with van der Waals surface area (Å²) < 4.78 is 0. The van der Waals surface area contributed by atoms with E-state index < -0.39 is 0 Å². The molecule has 0 aliphatic heterocycles. The van der Waals surface area contributed by atoms with Gasteiger partial charge in [0.2, 0.25) is 0 Å². The van der Waals surface area contributed by atoms with Crippen LogP contribution in [0.25, 0.3) is 0 Å². The molecule has 0 saturated heterocycles. The second-order valence-corrected chi connectivity index (χ2v) is 13.9. The monoisotopic (exact) mass is 519 g/mol. The SMILES string of the molecule is CCCCC(CC)CC1(CC(CC)CCCC)CCCC1(CC(CC)CCCC)CC(CC)CCCC. The Morgan fingerprint density at radius 2 is 0.649 bits per heavy atom. The van der Waals surface area contributed by atoms with Crippen LogP contribution < -0.4 is 0 Å². The largest absolute Gasteiger partial charge is 0.0654 e. The van der Waals surface area contributed by atoms with Crippen LogP contribution in [-0.4, -0.2) is 0 Å². The highest BCUT2D eigenvalue weighted by molar-refractivity contribution is 5.05. The van der Waals surface area contributed by atoms with Gasteiger partial charge in [0, 0.05) is 0 Å². The summed E-state index contributed by atoms with van der Waals surface area (Å²) in [4.78, 5) is 0. The minimum atomic E-state index is 0.606. The molecule has 1 rings (SSSR count). The first-order valence-electron chi connectivity index (χ1n) is 17.9. The molecule has 0 heteroatoms. The molecule has 1 aliphatic carbocycles. The van der Waals surface area contributed by atoms with E-state index in [1.807, 2.05) is 0 Å². The summed E-state index contributed by atoms with van der Waals surface area (Å²) in [6, 6.07) is 0. The van der Waals surface area contributed by atoms with Gasteiger partial charge in [0.15, 0.2) is 0 Å². The molecule has 0 aromatic carbocycles. The molecule has 0 bridgehead atoms. The highest BCUT2D eigenvalue weighted by Gasteiger charge is 2.55. The Labute approximate surface area is 237 Å². The maximum absolute atomic E-state index is 2.52. The van der Waals surface area contributed by atoms with E-state index in [4.69, 9.17) is 0 Å². The number of rotatable bonds is 24. The summed E-state index contributed by atoms with van der Waals surface area (Å²) in [7, 11) is 0. The smallest absolute Gasteiger partial charge is 0.0235 e. The van der Waals surface area contributed by atoms with Gasteiger partial charge in [-0.15, -0.1) is 0 Å². The predicted molar refractivity (Wildman–Crippen MR) is 170 cm³/mol. The van der Waals surface area contributed by atoms with Crippen LogP contribution in [0.4, 0.5) is 0 Å². The van der Waals surface area contributed by atoms with Crippen LogP contribution in [0.2, 0.25) is 0 Å². The molecule has 0 amide bonds. The van der Waals surface area contributed by atoms with E-state index in [1.54, 1.807) is 38.5 Å². The lowest BCUT2D eigenvalue weighted by atomic mass is 9.52. The predicted octanol–water partition coefficient (Wildman–Crippen LogP) is 13.6. The Kier molecular flexibility index (Phi) is 18.9. The number of unbranched alkanes of at least 4 members (excludes halogenated alkanes) is 4. The van der Waals surface area contributed by atoms with Crippen molar-refractivity contribution in [3.63, 3.8) is 0 Å². The van der Waals surface area contributed by atoms with Crippen molar-refractivity contribution in [1.82, 2.24) is 0 Å². The van der Waals surface area contributed by atoms with Crippen molar-refractivity contribution in [2.24, 2.45) is 34.5 Å². The standard InChI is InChI=1S/C37H74/c1-9-17-22-32(13-5)28-36(29-33(14-6)23-18-10-2)26-21-27-37(36,30-34(15-7)24-19-11-3)31-35(16-8)25-20-12-4/h32-35H,9-31H2,1-8H3. The van der Waals surface area contributed by atoms with E-state index in [-0.39, 0.29) is 0 Å². The van der Waals surface area contributed by atoms with Gasteiger partial charge < -0.3 is 0 Å². The van der Waals surface area contributed by atoms with Crippen molar-refractivity contribution in [3.8, 4) is 0 Å². The molecule has 0 spiro atoms. The first kappa shape index (κ1) is 35.0. The van der Waals surface area contributed by atoms with Crippen LogP contribution >= 0.6 is 0 Å². The Morgan fingerprint density at radius 1 is 0.405 bits per heavy atom. The van der Waals surface area contributed by atoms with Crippen molar-refractivity contribution < 1.29 is 0 Å². The molecule has 1 saturated carbocycles. The first-order valence-corrected chi connectivity index (χ1v) is 17.9. The zero-order chi connectivity index (χ0) is 27.6. The fourth-order valence-electron chi connectivity index (χ4n) is 8.72. The van der Waals surface area contributed by atoms with Gasteiger partial charge >= 0.3 is 0 Å². The molecule has 0 N–H and O–H groups in total. The van der Waals surface area contributed by atoms with Crippen LogP contribution in [-0.2, 0) is 0 Å². The van der Waals surface area contributed by atoms with Gasteiger partial charge in [0.05, 0.1) is 0 Å². The maximum atomic E-state index is 2.52. The second kappa shape index (κ2) is 20.0.